The van der Waals surface area contributed by atoms with Crippen LogP contribution in [0.5, 0.6) is 5.75 Å². The lowest BCUT2D eigenvalue weighted by molar-refractivity contribution is 0.0988. The monoisotopic (exact) mass is 274 g/mol. The quantitative estimate of drug-likeness (QED) is 0.761. The fourth-order valence-electron chi connectivity index (χ4n) is 1.89. The number of methoxy groups -OCH3 is 1. The van der Waals surface area contributed by atoms with E-state index in [1.54, 1.807) is 13.2 Å². The van der Waals surface area contributed by atoms with E-state index in [0.29, 0.717) is 17.2 Å². The van der Waals surface area contributed by atoms with Gasteiger partial charge in [-0.1, -0.05) is 48.9 Å². The molecule has 0 N–H and O–H groups in total. The molecule has 0 saturated heterocycles. The number of ketones is 1. The second kappa shape index (κ2) is 5.89. The summed E-state index contributed by atoms with van der Waals surface area (Å²) in [7, 11) is 1.59. The molecule has 2 nitrogen and oxygen atoms in total. The number of benzene rings is 2. The Balaban J connectivity index is 2.34. The number of hydrogen-bond donors (Lipinski definition) is 0. The van der Waals surface area contributed by atoms with Gasteiger partial charge in [-0.3, -0.25) is 4.79 Å². The van der Waals surface area contributed by atoms with Crippen LogP contribution in [0.15, 0.2) is 42.5 Å². The molecule has 0 atom stereocenters. The Morgan fingerprint density at radius 1 is 1.11 bits per heavy atom. The SMILES string of the molecule is CCC(=O)c1ccc(-c2ccc(Cl)c(OC)c2)cc1. The second-order valence-electron chi connectivity index (χ2n) is 4.20. The number of Topliss-reactive ketones (excluding diaryl/α,β-unsaturated/α-hetero) is 1. The summed E-state index contributed by atoms with van der Waals surface area (Å²) < 4.78 is 5.20. The van der Waals surface area contributed by atoms with Gasteiger partial charge in [0.05, 0.1) is 12.1 Å². The van der Waals surface area contributed by atoms with Crippen molar-refractivity contribution in [1.29, 1.82) is 0 Å². The van der Waals surface area contributed by atoms with Crippen molar-refractivity contribution in [3.05, 3.63) is 53.1 Å². The van der Waals surface area contributed by atoms with Crippen LogP contribution < -0.4 is 4.74 Å². The lowest BCUT2D eigenvalue weighted by Crippen LogP contribution is -1.95. The van der Waals surface area contributed by atoms with E-state index >= 15 is 0 Å². The Hall–Kier alpha value is -1.80. The molecule has 98 valence electrons. The van der Waals surface area contributed by atoms with Gasteiger partial charge in [0.25, 0.3) is 0 Å². The Bertz CT molecular complexity index is 588. The lowest BCUT2D eigenvalue weighted by atomic mass is 10.0. The van der Waals surface area contributed by atoms with Crippen LogP contribution >= 0.6 is 11.6 Å². The van der Waals surface area contributed by atoms with Gasteiger partial charge in [0.15, 0.2) is 5.78 Å². The number of carbonyl (C=O) groups excluding carboxylic acids is 1. The summed E-state index contributed by atoms with van der Waals surface area (Å²) in [6.07, 6.45) is 0.522. The Morgan fingerprint density at radius 3 is 2.32 bits per heavy atom. The first-order chi connectivity index (χ1) is 9.15. The van der Waals surface area contributed by atoms with Crippen LogP contribution in [0.1, 0.15) is 23.7 Å². The van der Waals surface area contributed by atoms with Gasteiger partial charge in [-0.25, -0.2) is 0 Å². The van der Waals surface area contributed by atoms with E-state index in [2.05, 4.69) is 0 Å². The summed E-state index contributed by atoms with van der Waals surface area (Å²) in [6.45, 7) is 1.86. The van der Waals surface area contributed by atoms with Crippen molar-refractivity contribution in [1.82, 2.24) is 0 Å². The van der Waals surface area contributed by atoms with E-state index in [1.165, 1.54) is 0 Å². The smallest absolute Gasteiger partial charge is 0.162 e. The van der Waals surface area contributed by atoms with Crippen LogP contribution in [-0.2, 0) is 0 Å². The predicted octanol–water partition coefficient (Wildman–Crippen LogP) is 4.61. The highest BCUT2D eigenvalue weighted by Gasteiger charge is 2.06. The van der Waals surface area contributed by atoms with Crippen LogP contribution in [0.3, 0.4) is 0 Å². The first-order valence-electron chi connectivity index (χ1n) is 6.13. The van der Waals surface area contributed by atoms with Crippen molar-refractivity contribution in [2.45, 2.75) is 13.3 Å². The maximum absolute atomic E-state index is 11.6. The van der Waals surface area contributed by atoms with E-state index in [-0.39, 0.29) is 5.78 Å². The summed E-state index contributed by atoms with van der Waals surface area (Å²) in [6, 6.07) is 13.2. The Labute approximate surface area is 118 Å². The predicted molar refractivity (Wildman–Crippen MR) is 78.1 cm³/mol. The Kier molecular flexibility index (Phi) is 4.23. The van der Waals surface area contributed by atoms with Crippen LogP contribution in [0, 0.1) is 0 Å². The molecule has 0 aliphatic heterocycles. The van der Waals surface area contributed by atoms with Crippen LogP contribution in [-0.4, -0.2) is 12.9 Å². The van der Waals surface area contributed by atoms with Crippen LogP contribution in [0.25, 0.3) is 11.1 Å². The van der Waals surface area contributed by atoms with Crippen molar-refractivity contribution in [3.8, 4) is 16.9 Å². The first-order valence-corrected chi connectivity index (χ1v) is 6.50. The minimum atomic E-state index is 0.153. The number of hydrogen-bond acceptors (Lipinski definition) is 2. The van der Waals surface area contributed by atoms with Crippen molar-refractivity contribution < 1.29 is 9.53 Å². The average Bonchev–Trinajstić information content (AvgIpc) is 2.47. The molecule has 3 heteroatoms. The molecule has 0 heterocycles. The van der Waals surface area contributed by atoms with Crippen molar-refractivity contribution in [2.75, 3.05) is 7.11 Å². The molecular formula is C16H15ClO2. The molecule has 0 saturated carbocycles. The van der Waals surface area contributed by atoms with Crippen LogP contribution in [0.4, 0.5) is 0 Å². The zero-order valence-corrected chi connectivity index (χ0v) is 11.7. The summed E-state index contributed by atoms with van der Waals surface area (Å²) in [4.78, 5) is 11.6. The second-order valence-corrected chi connectivity index (χ2v) is 4.61. The normalized spacial score (nSPS) is 10.3. The summed E-state index contributed by atoms with van der Waals surface area (Å²) >= 11 is 6.00. The van der Waals surface area contributed by atoms with E-state index in [0.717, 1.165) is 16.7 Å². The number of ether oxygens (including phenoxy) is 1. The molecule has 2 aromatic carbocycles. The maximum atomic E-state index is 11.6. The summed E-state index contributed by atoms with van der Waals surface area (Å²) in [5.74, 6) is 0.799. The van der Waals surface area contributed by atoms with E-state index in [1.807, 2.05) is 43.3 Å². The zero-order valence-electron chi connectivity index (χ0n) is 10.9. The highest BCUT2D eigenvalue weighted by molar-refractivity contribution is 6.32. The number of halogens is 1. The first kappa shape index (κ1) is 13.6. The molecule has 0 spiro atoms. The van der Waals surface area contributed by atoms with Gasteiger partial charge in [-0.15, -0.1) is 0 Å². The molecule has 0 unspecified atom stereocenters. The number of carbonyl (C=O) groups is 1. The minimum absolute atomic E-state index is 0.153. The molecule has 0 bridgehead atoms. The van der Waals surface area contributed by atoms with E-state index in [4.69, 9.17) is 16.3 Å². The molecule has 0 aliphatic rings. The molecular weight excluding hydrogens is 260 g/mol. The van der Waals surface area contributed by atoms with Gasteiger partial charge in [-0.05, 0) is 23.3 Å². The van der Waals surface area contributed by atoms with Gasteiger partial charge in [0, 0.05) is 12.0 Å². The van der Waals surface area contributed by atoms with Crippen LogP contribution in [0.2, 0.25) is 5.02 Å². The fourth-order valence-corrected chi connectivity index (χ4v) is 2.09. The van der Waals surface area contributed by atoms with E-state index < -0.39 is 0 Å². The van der Waals surface area contributed by atoms with Crippen molar-refractivity contribution in [3.63, 3.8) is 0 Å². The van der Waals surface area contributed by atoms with Gasteiger partial charge in [0.1, 0.15) is 5.75 Å². The molecule has 0 aromatic heterocycles. The summed E-state index contributed by atoms with van der Waals surface area (Å²) in [5.41, 5.74) is 2.78. The molecule has 2 rings (SSSR count). The third-order valence-corrected chi connectivity index (χ3v) is 3.32. The maximum Gasteiger partial charge on any atom is 0.162 e. The third-order valence-electron chi connectivity index (χ3n) is 3.01. The summed E-state index contributed by atoms with van der Waals surface area (Å²) in [5, 5.41) is 0.587. The fraction of sp³-hybridized carbons (Fsp3) is 0.188. The molecule has 0 amide bonds. The highest BCUT2D eigenvalue weighted by atomic mass is 35.5. The van der Waals surface area contributed by atoms with Crippen molar-refractivity contribution >= 4 is 17.4 Å². The molecule has 2 aromatic rings. The van der Waals surface area contributed by atoms with Gasteiger partial charge < -0.3 is 4.74 Å². The van der Waals surface area contributed by atoms with Gasteiger partial charge >= 0.3 is 0 Å². The molecule has 19 heavy (non-hydrogen) atoms. The average molecular weight is 275 g/mol. The third kappa shape index (κ3) is 2.96. The minimum Gasteiger partial charge on any atom is -0.495 e. The Morgan fingerprint density at radius 2 is 1.74 bits per heavy atom. The van der Waals surface area contributed by atoms with Gasteiger partial charge in [0.2, 0.25) is 0 Å². The van der Waals surface area contributed by atoms with Gasteiger partial charge in [-0.2, -0.15) is 0 Å². The van der Waals surface area contributed by atoms with Crippen molar-refractivity contribution in [2.24, 2.45) is 0 Å². The molecule has 0 aliphatic carbocycles. The highest BCUT2D eigenvalue weighted by Crippen LogP contribution is 2.30. The topological polar surface area (TPSA) is 26.3 Å². The molecule has 0 radical (unpaired) electrons. The zero-order chi connectivity index (χ0) is 13.8. The van der Waals surface area contributed by atoms with E-state index in [9.17, 15) is 4.79 Å². The standard InChI is InChI=1S/C16H15ClO2/c1-3-15(18)12-6-4-11(5-7-12)13-8-9-14(17)16(10-13)19-2/h4-10H,3H2,1-2H3. The molecule has 0 fully saturated rings. The lowest BCUT2D eigenvalue weighted by Gasteiger charge is -2.07. The number of rotatable bonds is 4. The largest absolute Gasteiger partial charge is 0.495 e.